The molecule has 2 aliphatic carbocycles. The van der Waals surface area contributed by atoms with Crippen molar-refractivity contribution < 1.29 is 37.3 Å². The molecule has 1 aromatic carbocycles. The van der Waals surface area contributed by atoms with Crippen molar-refractivity contribution >= 4 is 11.9 Å². The molecule has 0 unspecified atom stereocenters. The van der Waals surface area contributed by atoms with Crippen LogP contribution in [0.2, 0.25) is 0 Å². The van der Waals surface area contributed by atoms with Crippen LogP contribution in [0.4, 0.5) is 8.78 Å². The molecule has 0 spiro atoms. The Bertz CT molecular complexity index is 821. The van der Waals surface area contributed by atoms with E-state index in [1.165, 1.54) is 0 Å². The number of unbranched alkanes of at least 4 members (excludes halogenated alkanes) is 4. The lowest BCUT2D eigenvalue weighted by Gasteiger charge is -2.29. The predicted molar refractivity (Wildman–Crippen MR) is 159 cm³/mol. The zero-order chi connectivity index (χ0) is 30.2. The molecule has 0 aliphatic heterocycles. The molecule has 0 bridgehead atoms. The molecule has 1 aromatic rings. The standard InChI is InChI=1S/C34H52F2O6/c1-3-5-7-9-31(35)33(37)41-29-15-11-25(12-16-29)23-39-27-19-21-28(22-20-27)40-24-26-13-17-30(18-14-26)42-34(38)32(36)10-8-6-4-2/h19-22,25-26,29-32H,3-18,23-24H2,1-2H3/t25-,26-,29-,30-,31-,32-/m0/s1. The molecule has 3 rings (SSSR count). The highest BCUT2D eigenvalue weighted by atomic mass is 19.1. The maximum atomic E-state index is 14.0. The number of carbonyl (C=O) groups is 2. The van der Waals surface area contributed by atoms with Crippen molar-refractivity contribution in [1.29, 1.82) is 0 Å². The SMILES string of the molecule is CCCCC[C@H](F)C(=O)O[C@H]1CC[C@H](COc2ccc(OC[C@H]3CC[C@H](OC(=O)[C@@H](F)CCCCC)CC3)cc2)CC1. The summed E-state index contributed by atoms with van der Waals surface area (Å²) in [6.45, 7) is 5.30. The van der Waals surface area contributed by atoms with Gasteiger partial charge in [-0.1, -0.05) is 39.5 Å². The molecular weight excluding hydrogens is 542 g/mol. The monoisotopic (exact) mass is 594 g/mol. The second-order valence-electron chi connectivity index (χ2n) is 12.2. The van der Waals surface area contributed by atoms with Gasteiger partial charge in [-0.15, -0.1) is 0 Å². The number of alkyl halides is 2. The molecule has 0 saturated heterocycles. The number of hydrogen-bond donors (Lipinski definition) is 0. The number of hydrogen-bond acceptors (Lipinski definition) is 6. The van der Waals surface area contributed by atoms with Gasteiger partial charge >= 0.3 is 11.9 Å². The summed E-state index contributed by atoms with van der Waals surface area (Å²) in [5, 5.41) is 0. The molecule has 238 valence electrons. The number of benzene rings is 1. The molecular formula is C34H52F2O6. The first kappa shape index (κ1) is 34.1. The van der Waals surface area contributed by atoms with Gasteiger partial charge in [-0.25, -0.2) is 18.4 Å². The van der Waals surface area contributed by atoms with Crippen LogP contribution < -0.4 is 9.47 Å². The van der Waals surface area contributed by atoms with Crippen molar-refractivity contribution in [2.24, 2.45) is 11.8 Å². The molecule has 0 amide bonds. The van der Waals surface area contributed by atoms with Gasteiger partial charge in [0.1, 0.15) is 23.7 Å². The number of rotatable bonds is 18. The van der Waals surface area contributed by atoms with Gasteiger partial charge in [0.15, 0.2) is 12.3 Å². The predicted octanol–water partition coefficient (Wildman–Crippen LogP) is 8.49. The third-order valence-corrected chi connectivity index (χ3v) is 8.58. The van der Waals surface area contributed by atoms with E-state index in [0.717, 1.165) is 88.5 Å². The number of esters is 2. The van der Waals surface area contributed by atoms with Crippen molar-refractivity contribution in [3.05, 3.63) is 24.3 Å². The molecule has 0 radical (unpaired) electrons. The van der Waals surface area contributed by atoms with E-state index >= 15 is 0 Å². The third kappa shape index (κ3) is 12.5. The largest absolute Gasteiger partial charge is 0.493 e. The van der Waals surface area contributed by atoms with Crippen LogP contribution in [0.15, 0.2) is 24.3 Å². The number of carbonyl (C=O) groups excluding carboxylic acids is 2. The van der Waals surface area contributed by atoms with Crippen LogP contribution in [0.1, 0.15) is 117 Å². The Labute approximate surface area is 251 Å². The second kappa shape index (κ2) is 19.0. The molecule has 2 fully saturated rings. The fraction of sp³-hybridized carbons (Fsp3) is 0.765. The van der Waals surface area contributed by atoms with Crippen molar-refractivity contribution in [3.8, 4) is 11.5 Å². The van der Waals surface area contributed by atoms with Crippen molar-refractivity contribution in [1.82, 2.24) is 0 Å². The molecule has 0 heterocycles. The van der Waals surface area contributed by atoms with Gasteiger partial charge in [-0.2, -0.15) is 0 Å². The Kier molecular flexibility index (Phi) is 15.4. The van der Waals surface area contributed by atoms with E-state index in [1.807, 2.05) is 24.3 Å². The highest BCUT2D eigenvalue weighted by Crippen LogP contribution is 2.30. The van der Waals surface area contributed by atoms with E-state index in [9.17, 15) is 18.4 Å². The van der Waals surface area contributed by atoms with Crippen LogP contribution in [0, 0.1) is 11.8 Å². The van der Waals surface area contributed by atoms with Gasteiger partial charge in [-0.3, -0.25) is 0 Å². The van der Waals surface area contributed by atoms with E-state index in [2.05, 4.69) is 13.8 Å². The summed E-state index contributed by atoms with van der Waals surface area (Å²) in [5.74, 6) is 0.927. The van der Waals surface area contributed by atoms with Gasteiger partial charge in [-0.05, 0) is 113 Å². The van der Waals surface area contributed by atoms with E-state index in [-0.39, 0.29) is 25.0 Å². The van der Waals surface area contributed by atoms with E-state index in [4.69, 9.17) is 18.9 Å². The Hall–Kier alpha value is -2.38. The maximum absolute atomic E-state index is 14.0. The summed E-state index contributed by atoms with van der Waals surface area (Å²) in [4.78, 5) is 24.0. The van der Waals surface area contributed by atoms with Crippen LogP contribution in [0.5, 0.6) is 11.5 Å². The molecule has 8 heteroatoms. The Balaban J connectivity index is 1.26. The van der Waals surface area contributed by atoms with Gasteiger partial charge in [0.25, 0.3) is 0 Å². The summed E-state index contributed by atoms with van der Waals surface area (Å²) in [6.07, 6.45) is 8.93. The summed E-state index contributed by atoms with van der Waals surface area (Å²) in [6, 6.07) is 7.64. The highest BCUT2D eigenvalue weighted by molar-refractivity contribution is 5.75. The quantitative estimate of drug-likeness (QED) is 0.125. The number of ether oxygens (including phenoxy) is 4. The normalized spacial score (nSPS) is 23.9. The summed E-state index contributed by atoms with van der Waals surface area (Å²) in [7, 11) is 0. The first-order chi connectivity index (χ1) is 20.4. The lowest BCUT2D eigenvalue weighted by Crippen LogP contribution is -2.30. The van der Waals surface area contributed by atoms with Crippen LogP contribution in [0.3, 0.4) is 0 Å². The fourth-order valence-corrected chi connectivity index (χ4v) is 5.75. The zero-order valence-corrected chi connectivity index (χ0v) is 25.7. The Morgan fingerprint density at radius 1 is 0.643 bits per heavy atom. The third-order valence-electron chi connectivity index (χ3n) is 8.58. The van der Waals surface area contributed by atoms with Gasteiger partial charge in [0.2, 0.25) is 0 Å². The highest BCUT2D eigenvalue weighted by Gasteiger charge is 2.29. The summed E-state index contributed by atoms with van der Waals surface area (Å²) >= 11 is 0. The van der Waals surface area contributed by atoms with Crippen LogP contribution in [-0.4, -0.2) is 49.7 Å². The Morgan fingerprint density at radius 3 is 1.33 bits per heavy atom. The fourth-order valence-electron chi connectivity index (χ4n) is 5.75. The maximum Gasteiger partial charge on any atom is 0.340 e. The van der Waals surface area contributed by atoms with Gasteiger partial charge < -0.3 is 18.9 Å². The summed E-state index contributed by atoms with van der Waals surface area (Å²) in [5.41, 5.74) is 0. The van der Waals surface area contributed by atoms with Crippen molar-refractivity contribution in [2.75, 3.05) is 13.2 Å². The van der Waals surface area contributed by atoms with Crippen LogP contribution in [-0.2, 0) is 19.1 Å². The zero-order valence-electron chi connectivity index (χ0n) is 25.7. The lowest BCUT2D eigenvalue weighted by atomic mass is 9.88. The Morgan fingerprint density at radius 2 is 1.00 bits per heavy atom. The topological polar surface area (TPSA) is 71.1 Å². The van der Waals surface area contributed by atoms with Crippen LogP contribution in [0.25, 0.3) is 0 Å². The average Bonchev–Trinajstić information content (AvgIpc) is 3.01. The molecule has 2 saturated carbocycles. The minimum absolute atomic E-state index is 0.192. The van der Waals surface area contributed by atoms with E-state index < -0.39 is 24.3 Å². The first-order valence-electron chi connectivity index (χ1n) is 16.4. The molecule has 2 atom stereocenters. The molecule has 2 aliphatic rings. The lowest BCUT2D eigenvalue weighted by molar-refractivity contribution is -0.158. The molecule has 6 nitrogen and oxygen atoms in total. The van der Waals surface area contributed by atoms with E-state index in [0.29, 0.717) is 37.9 Å². The second-order valence-corrected chi connectivity index (χ2v) is 12.2. The van der Waals surface area contributed by atoms with E-state index in [1.54, 1.807) is 0 Å². The van der Waals surface area contributed by atoms with Crippen molar-refractivity contribution in [3.63, 3.8) is 0 Å². The van der Waals surface area contributed by atoms with Crippen molar-refractivity contribution in [2.45, 2.75) is 141 Å². The molecule has 0 N–H and O–H groups in total. The first-order valence-corrected chi connectivity index (χ1v) is 16.4. The summed E-state index contributed by atoms with van der Waals surface area (Å²) < 4.78 is 50.9. The van der Waals surface area contributed by atoms with Crippen LogP contribution >= 0.6 is 0 Å². The molecule has 42 heavy (non-hydrogen) atoms. The minimum Gasteiger partial charge on any atom is -0.493 e. The van der Waals surface area contributed by atoms with Gasteiger partial charge in [0.05, 0.1) is 13.2 Å². The minimum atomic E-state index is -1.51. The number of halogens is 2. The molecule has 0 aromatic heterocycles. The van der Waals surface area contributed by atoms with Gasteiger partial charge in [0, 0.05) is 0 Å². The smallest absolute Gasteiger partial charge is 0.340 e. The average molecular weight is 595 g/mol.